The molecule has 3 heteroatoms. The summed E-state index contributed by atoms with van der Waals surface area (Å²) in [7, 11) is 0. The third-order valence-electron chi connectivity index (χ3n) is 5.31. The van der Waals surface area contributed by atoms with E-state index in [1.165, 1.54) is 45.4 Å². The molecular formula is C14H27N3. The average molecular weight is 237 g/mol. The Labute approximate surface area is 105 Å². The Bertz CT molecular complexity index is 271. The van der Waals surface area contributed by atoms with E-state index in [2.05, 4.69) is 23.6 Å². The lowest BCUT2D eigenvalue weighted by Gasteiger charge is -2.50. The number of hydrogen-bond donors (Lipinski definition) is 1. The Morgan fingerprint density at radius 1 is 1.29 bits per heavy atom. The van der Waals surface area contributed by atoms with Crippen molar-refractivity contribution in [1.82, 2.24) is 9.80 Å². The SMILES string of the molecule is CCCN1CC2C3CCN(CC3)C2C1C(C)N. The van der Waals surface area contributed by atoms with Crippen LogP contribution in [0.25, 0.3) is 0 Å². The maximum absolute atomic E-state index is 6.29. The molecule has 0 amide bonds. The van der Waals surface area contributed by atoms with Crippen molar-refractivity contribution >= 4 is 0 Å². The quantitative estimate of drug-likeness (QED) is 0.799. The van der Waals surface area contributed by atoms with Crippen molar-refractivity contribution in [1.29, 1.82) is 0 Å². The van der Waals surface area contributed by atoms with Crippen LogP contribution in [0.3, 0.4) is 0 Å². The van der Waals surface area contributed by atoms with Gasteiger partial charge in [0.2, 0.25) is 0 Å². The van der Waals surface area contributed by atoms with Crippen LogP contribution in [0.5, 0.6) is 0 Å². The summed E-state index contributed by atoms with van der Waals surface area (Å²) in [5.74, 6) is 1.91. The second kappa shape index (κ2) is 4.52. The molecule has 0 aliphatic carbocycles. The maximum atomic E-state index is 6.29. The number of likely N-dealkylation sites (tertiary alicyclic amines) is 1. The van der Waals surface area contributed by atoms with Crippen molar-refractivity contribution in [2.24, 2.45) is 17.6 Å². The molecule has 0 radical (unpaired) electrons. The summed E-state index contributed by atoms with van der Waals surface area (Å²) in [5.41, 5.74) is 6.29. The molecule has 0 saturated carbocycles. The lowest BCUT2D eigenvalue weighted by Crippen LogP contribution is -2.60. The second-order valence-corrected chi connectivity index (χ2v) is 6.37. The Morgan fingerprint density at radius 3 is 2.59 bits per heavy atom. The first kappa shape index (κ1) is 11.9. The number of hydrogen-bond acceptors (Lipinski definition) is 3. The highest BCUT2D eigenvalue weighted by Crippen LogP contribution is 2.44. The number of rotatable bonds is 3. The van der Waals surface area contributed by atoms with Gasteiger partial charge in [-0.15, -0.1) is 0 Å². The lowest BCUT2D eigenvalue weighted by atomic mass is 9.73. The van der Waals surface area contributed by atoms with Gasteiger partial charge in [-0.1, -0.05) is 6.92 Å². The molecule has 4 rings (SSSR count). The maximum Gasteiger partial charge on any atom is 0.0403 e. The van der Waals surface area contributed by atoms with Crippen molar-refractivity contribution in [2.75, 3.05) is 26.2 Å². The van der Waals surface area contributed by atoms with Gasteiger partial charge < -0.3 is 5.73 Å². The predicted octanol–water partition coefficient (Wildman–Crippen LogP) is 1.14. The minimum Gasteiger partial charge on any atom is -0.326 e. The smallest absolute Gasteiger partial charge is 0.0403 e. The third-order valence-corrected chi connectivity index (χ3v) is 5.31. The number of fused-ring (bicyclic) bond motifs is 2. The van der Waals surface area contributed by atoms with E-state index in [-0.39, 0.29) is 0 Å². The average Bonchev–Trinajstić information content (AvgIpc) is 2.71. The molecule has 4 aliphatic rings. The van der Waals surface area contributed by atoms with Gasteiger partial charge in [-0.3, -0.25) is 9.80 Å². The fourth-order valence-corrected chi connectivity index (χ4v) is 4.70. The van der Waals surface area contributed by atoms with E-state index in [0.29, 0.717) is 12.1 Å². The molecular weight excluding hydrogens is 210 g/mol. The summed E-state index contributed by atoms with van der Waals surface area (Å²) in [4.78, 5) is 5.44. The Kier molecular flexibility index (Phi) is 3.18. The minimum atomic E-state index is 0.316. The van der Waals surface area contributed by atoms with E-state index in [0.717, 1.165) is 17.9 Å². The molecule has 17 heavy (non-hydrogen) atoms. The van der Waals surface area contributed by atoms with Crippen molar-refractivity contribution in [3.05, 3.63) is 0 Å². The molecule has 0 aromatic rings. The van der Waals surface area contributed by atoms with E-state index in [1.54, 1.807) is 0 Å². The highest BCUT2D eigenvalue weighted by molar-refractivity contribution is 5.08. The van der Waals surface area contributed by atoms with E-state index in [1.807, 2.05) is 0 Å². The standard InChI is InChI=1S/C14H27N3/c1-3-6-17-9-12-11-4-7-16(8-5-11)14(12)13(17)10(2)15/h10-14H,3-9,15H2,1-2H3. The molecule has 0 spiro atoms. The van der Waals surface area contributed by atoms with Crippen molar-refractivity contribution in [3.8, 4) is 0 Å². The summed E-state index contributed by atoms with van der Waals surface area (Å²) < 4.78 is 0. The molecule has 0 aromatic heterocycles. The number of nitrogens with zero attached hydrogens (tertiary/aromatic N) is 2. The monoisotopic (exact) mass is 237 g/mol. The van der Waals surface area contributed by atoms with Crippen LogP contribution >= 0.6 is 0 Å². The van der Waals surface area contributed by atoms with Crippen LogP contribution in [-0.4, -0.2) is 54.1 Å². The first-order valence-electron chi connectivity index (χ1n) is 7.46. The molecule has 2 bridgehead atoms. The fraction of sp³-hybridized carbons (Fsp3) is 1.00. The van der Waals surface area contributed by atoms with Crippen LogP contribution in [0.4, 0.5) is 0 Å². The van der Waals surface area contributed by atoms with Gasteiger partial charge in [0.25, 0.3) is 0 Å². The van der Waals surface area contributed by atoms with Gasteiger partial charge >= 0.3 is 0 Å². The van der Waals surface area contributed by atoms with Gasteiger partial charge in [0.1, 0.15) is 0 Å². The van der Waals surface area contributed by atoms with Gasteiger partial charge in [0.05, 0.1) is 0 Å². The second-order valence-electron chi connectivity index (χ2n) is 6.37. The predicted molar refractivity (Wildman–Crippen MR) is 70.9 cm³/mol. The van der Waals surface area contributed by atoms with Crippen LogP contribution in [0.2, 0.25) is 0 Å². The zero-order chi connectivity index (χ0) is 12.0. The molecule has 4 saturated heterocycles. The van der Waals surface area contributed by atoms with Crippen molar-refractivity contribution in [3.63, 3.8) is 0 Å². The zero-order valence-corrected chi connectivity index (χ0v) is 11.3. The van der Waals surface area contributed by atoms with E-state index in [9.17, 15) is 0 Å². The molecule has 2 N–H and O–H groups in total. The van der Waals surface area contributed by atoms with Crippen LogP contribution in [0.15, 0.2) is 0 Å². The molecule has 98 valence electrons. The summed E-state index contributed by atoms with van der Waals surface area (Å²) >= 11 is 0. The highest BCUT2D eigenvalue weighted by atomic mass is 15.3. The molecule has 4 atom stereocenters. The summed E-state index contributed by atoms with van der Waals surface area (Å²) in [6.45, 7) is 9.70. The number of nitrogens with two attached hydrogens (primary N) is 1. The topological polar surface area (TPSA) is 32.5 Å². The largest absolute Gasteiger partial charge is 0.326 e. The first-order valence-corrected chi connectivity index (χ1v) is 7.46. The Morgan fingerprint density at radius 2 is 2.00 bits per heavy atom. The van der Waals surface area contributed by atoms with E-state index < -0.39 is 0 Å². The molecule has 4 fully saturated rings. The van der Waals surface area contributed by atoms with E-state index >= 15 is 0 Å². The summed E-state index contributed by atoms with van der Waals surface area (Å²) in [6, 6.07) is 1.70. The summed E-state index contributed by atoms with van der Waals surface area (Å²) in [5, 5.41) is 0. The minimum absolute atomic E-state index is 0.316. The molecule has 0 aromatic carbocycles. The van der Waals surface area contributed by atoms with Crippen LogP contribution in [0.1, 0.15) is 33.1 Å². The number of piperidine rings is 3. The molecule has 4 aliphatic heterocycles. The van der Waals surface area contributed by atoms with Gasteiger partial charge in [0, 0.05) is 24.7 Å². The normalized spacial score (nSPS) is 47.1. The Balaban J connectivity index is 1.84. The van der Waals surface area contributed by atoms with Crippen molar-refractivity contribution < 1.29 is 0 Å². The van der Waals surface area contributed by atoms with Crippen molar-refractivity contribution in [2.45, 2.75) is 51.2 Å². The van der Waals surface area contributed by atoms with Gasteiger partial charge in [0.15, 0.2) is 0 Å². The fourth-order valence-electron chi connectivity index (χ4n) is 4.70. The van der Waals surface area contributed by atoms with Gasteiger partial charge in [-0.05, 0) is 57.7 Å². The molecule has 4 heterocycles. The third kappa shape index (κ3) is 1.83. The van der Waals surface area contributed by atoms with Gasteiger partial charge in [-0.2, -0.15) is 0 Å². The van der Waals surface area contributed by atoms with Crippen LogP contribution in [-0.2, 0) is 0 Å². The van der Waals surface area contributed by atoms with Crippen LogP contribution in [0, 0.1) is 11.8 Å². The highest BCUT2D eigenvalue weighted by Gasteiger charge is 2.52. The van der Waals surface area contributed by atoms with Gasteiger partial charge in [-0.25, -0.2) is 0 Å². The lowest BCUT2D eigenvalue weighted by molar-refractivity contribution is 0.000558. The zero-order valence-electron chi connectivity index (χ0n) is 11.3. The summed E-state index contributed by atoms with van der Waals surface area (Å²) in [6.07, 6.45) is 4.13. The Hall–Kier alpha value is -0.120. The van der Waals surface area contributed by atoms with E-state index in [4.69, 9.17) is 5.73 Å². The molecule has 3 nitrogen and oxygen atoms in total. The van der Waals surface area contributed by atoms with Crippen LogP contribution < -0.4 is 5.73 Å². The molecule has 4 unspecified atom stereocenters. The first-order chi connectivity index (χ1) is 8.22.